The SMILES string of the molecule is C=CC1=C(C)C(=O)C=C2c3ccc(O)c(C)c3CC[C@@]21OC. The van der Waals surface area contributed by atoms with Crippen LogP contribution in [0.15, 0.2) is 42.0 Å². The number of carbonyl (C=O) groups excluding carboxylic acids is 1. The van der Waals surface area contributed by atoms with Gasteiger partial charge in [0.2, 0.25) is 0 Å². The average Bonchev–Trinajstić information content (AvgIpc) is 2.52. The molecule has 0 aliphatic heterocycles. The zero-order chi connectivity index (χ0) is 16.1. The molecular weight excluding hydrogens is 276 g/mol. The second-order valence-corrected chi connectivity index (χ2v) is 5.93. The van der Waals surface area contributed by atoms with Gasteiger partial charge in [0.25, 0.3) is 0 Å². The van der Waals surface area contributed by atoms with E-state index in [1.54, 1.807) is 25.3 Å². The molecule has 0 amide bonds. The molecule has 1 aromatic rings. The largest absolute Gasteiger partial charge is 0.508 e. The van der Waals surface area contributed by atoms with Crippen molar-refractivity contribution in [2.75, 3.05) is 7.11 Å². The molecule has 1 aromatic carbocycles. The van der Waals surface area contributed by atoms with E-state index in [1.165, 1.54) is 0 Å². The standard InChI is InChI=1S/C19H20O3/c1-5-15-12(3)18(21)10-16-14-6-7-17(20)11(2)13(14)8-9-19(15,16)22-4/h5-7,10,20H,1,8-9H2,2-4H3/t19-/m0/s1. The Labute approximate surface area is 130 Å². The van der Waals surface area contributed by atoms with Crippen LogP contribution >= 0.6 is 0 Å². The third kappa shape index (κ3) is 1.75. The van der Waals surface area contributed by atoms with E-state index in [-0.39, 0.29) is 5.78 Å². The molecule has 0 fully saturated rings. The molecule has 0 spiro atoms. The van der Waals surface area contributed by atoms with Crippen LogP contribution in [0.5, 0.6) is 5.75 Å². The molecule has 0 unspecified atom stereocenters. The van der Waals surface area contributed by atoms with Crippen molar-refractivity contribution in [3.05, 3.63) is 58.7 Å². The Morgan fingerprint density at radius 1 is 1.36 bits per heavy atom. The second kappa shape index (κ2) is 4.96. The molecular formula is C19H20O3. The lowest BCUT2D eigenvalue weighted by molar-refractivity contribution is -0.111. The van der Waals surface area contributed by atoms with Crippen LogP contribution in [-0.4, -0.2) is 23.6 Å². The van der Waals surface area contributed by atoms with Gasteiger partial charge in [0, 0.05) is 12.7 Å². The fourth-order valence-electron chi connectivity index (χ4n) is 3.76. The summed E-state index contributed by atoms with van der Waals surface area (Å²) in [5.41, 5.74) is 4.77. The number of phenols is 1. The van der Waals surface area contributed by atoms with Crippen molar-refractivity contribution in [2.24, 2.45) is 0 Å². The van der Waals surface area contributed by atoms with Gasteiger partial charge in [-0.1, -0.05) is 18.7 Å². The van der Waals surface area contributed by atoms with Crippen LogP contribution in [0, 0.1) is 6.92 Å². The lowest BCUT2D eigenvalue weighted by atomic mass is 9.67. The van der Waals surface area contributed by atoms with Gasteiger partial charge in [-0.25, -0.2) is 0 Å². The Bertz CT molecular complexity index is 752. The number of methoxy groups -OCH3 is 1. The van der Waals surface area contributed by atoms with Gasteiger partial charge >= 0.3 is 0 Å². The summed E-state index contributed by atoms with van der Waals surface area (Å²) in [6.07, 6.45) is 4.94. The van der Waals surface area contributed by atoms with Gasteiger partial charge in [0.15, 0.2) is 5.78 Å². The van der Waals surface area contributed by atoms with Gasteiger partial charge in [0.1, 0.15) is 11.4 Å². The first-order valence-electron chi connectivity index (χ1n) is 7.43. The molecule has 3 heteroatoms. The smallest absolute Gasteiger partial charge is 0.182 e. The number of ether oxygens (including phenoxy) is 1. The number of hydrogen-bond acceptors (Lipinski definition) is 3. The third-order valence-corrected chi connectivity index (χ3v) is 5.06. The number of hydrogen-bond donors (Lipinski definition) is 1. The molecule has 0 aromatic heterocycles. The van der Waals surface area contributed by atoms with E-state index >= 15 is 0 Å². The summed E-state index contributed by atoms with van der Waals surface area (Å²) < 4.78 is 5.92. The Morgan fingerprint density at radius 2 is 2.09 bits per heavy atom. The fourth-order valence-corrected chi connectivity index (χ4v) is 3.76. The number of rotatable bonds is 2. The van der Waals surface area contributed by atoms with Crippen molar-refractivity contribution in [1.29, 1.82) is 0 Å². The quantitative estimate of drug-likeness (QED) is 0.908. The molecule has 3 rings (SSSR count). The summed E-state index contributed by atoms with van der Waals surface area (Å²) in [5.74, 6) is 0.290. The molecule has 2 aliphatic carbocycles. The number of allylic oxidation sites excluding steroid dienone is 2. The van der Waals surface area contributed by atoms with Crippen LogP contribution in [0.2, 0.25) is 0 Å². The summed E-state index contributed by atoms with van der Waals surface area (Å²) in [6, 6.07) is 3.56. The highest BCUT2D eigenvalue weighted by atomic mass is 16.5. The van der Waals surface area contributed by atoms with Gasteiger partial charge in [-0.15, -0.1) is 0 Å². The fraction of sp³-hybridized carbons (Fsp3) is 0.316. The molecule has 114 valence electrons. The van der Waals surface area contributed by atoms with Gasteiger partial charge in [-0.3, -0.25) is 4.79 Å². The first kappa shape index (κ1) is 14.8. The predicted molar refractivity (Wildman–Crippen MR) is 86.8 cm³/mol. The Balaban J connectivity index is 2.31. The molecule has 22 heavy (non-hydrogen) atoms. The Kier molecular flexibility index (Phi) is 3.33. The van der Waals surface area contributed by atoms with Crippen molar-refractivity contribution < 1.29 is 14.6 Å². The highest BCUT2D eigenvalue weighted by Gasteiger charge is 2.45. The average molecular weight is 296 g/mol. The minimum absolute atomic E-state index is 0.00356. The van der Waals surface area contributed by atoms with Crippen LogP contribution in [0.4, 0.5) is 0 Å². The lowest BCUT2D eigenvalue weighted by Crippen LogP contribution is -2.42. The zero-order valence-corrected chi connectivity index (χ0v) is 13.2. The molecule has 0 saturated carbocycles. The zero-order valence-electron chi connectivity index (χ0n) is 13.2. The van der Waals surface area contributed by atoms with Gasteiger partial charge in [-0.2, -0.15) is 0 Å². The maximum absolute atomic E-state index is 12.4. The van der Waals surface area contributed by atoms with Crippen LogP contribution in [-0.2, 0) is 16.0 Å². The van der Waals surface area contributed by atoms with Crippen LogP contribution in [0.3, 0.4) is 0 Å². The topological polar surface area (TPSA) is 46.5 Å². The van der Waals surface area contributed by atoms with E-state index in [2.05, 4.69) is 6.58 Å². The number of phenolic OH excluding ortho intramolecular Hbond substituents is 1. The number of fused-ring (bicyclic) bond motifs is 3. The first-order chi connectivity index (χ1) is 10.5. The molecule has 0 heterocycles. The van der Waals surface area contributed by atoms with Crippen LogP contribution < -0.4 is 0 Å². The molecule has 0 saturated heterocycles. The summed E-state index contributed by atoms with van der Waals surface area (Å²) in [5, 5.41) is 9.94. The van der Waals surface area contributed by atoms with E-state index < -0.39 is 5.60 Å². The highest BCUT2D eigenvalue weighted by molar-refractivity contribution is 6.13. The molecule has 0 radical (unpaired) electrons. The van der Waals surface area contributed by atoms with Gasteiger partial charge < -0.3 is 9.84 Å². The van der Waals surface area contributed by atoms with E-state index in [0.717, 1.165) is 40.7 Å². The summed E-state index contributed by atoms with van der Waals surface area (Å²) in [6.45, 7) is 7.62. The predicted octanol–water partition coefficient (Wildman–Crippen LogP) is 3.50. The molecule has 2 aliphatic rings. The van der Waals surface area contributed by atoms with E-state index in [4.69, 9.17) is 4.74 Å². The minimum atomic E-state index is -0.615. The van der Waals surface area contributed by atoms with Crippen molar-refractivity contribution in [3.63, 3.8) is 0 Å². The number of benzene rings is 1. The highest BCUT2D eigenvalue weighted by Crippen LogP contribution is 2.50. The summed E-state index contributed by atoms with van der Waals surface area (Å²) >= 11 is 0. The van der Waals surface area contributed by atoms with E-state index in [9.17, 15) is 9.90 Å². The van der Waals surface area contributed by atoms with E-state index in [0.29, 0.717) is 11.3 Å². The third-order valence-electron chi connectivity index (χ3n) is 5.06. The molecule has 0 bridgehead atoms. The van der Waals surface area contributed by atoms with Crippen molar-refractivity contribution in [2.45, 2.75) is 32.3 Å². The monoisotopic (exact) mass is 296 g/mol. The Hall–Kier alpha value is -2.13. The minimum Gasteiger partial charge on any atom is -0.508 e. The maximum atomic E-state index is 12.4. The van der Waals surface area contributed by atoms with Crippen molar-refractivity contribution >= 4 is 11.4 Å². The normalized spacial score (nSPS) is 23.8. The van der Waals surface area contributed by atoms with Crippen LogP contribution in [0.25, 0.3) is 5.57 Å². The lowest BCUT2D eigenvalue weighted by Gasteiger charge is -2.43. The molecule has 1 atom stereocenters. The maximum Gasteiger partial charge on any atom is 0.182 e. The molecule has 1 N–H and O–H groups in total. The Morgan fingerprint density at radius 3 is 2.73 bits per heavy atom. The summed E-state index contributed by atoms with van der Waals surface area (Å²) in [4.78, 5) is 12.4. The number of aromatic hydroxyl groups is 1. The van der Waals surface area contributed by atoms with Gasteiger partial charge in [-0.05, 0) is 66.7 Å². The van der Waals surface area contributed by atoms with Crippen molar-refractivity contribution in [3.8, 4) is 5.75 Å². The first-order valence-corrected chi connectivity index (χ1v) is 7.43. The van der Waals surface area contributed by atoms with E-state index in [1.807, 2.05) is 19.9 Å². The number of carbonyl (C=O) groups is 1. The number of ketones is 1. The summed E-state index contributed by atoms with van der Waals surface area (Å²) in [7, 11) is 1.68. The van der Waals surface area contributed by atoms with Crippen molar-refractivity contribution in [1.82, 2.24) is 0 Å². The molecule has 3 nitrogen and oxygen atoms in total. The van der Waals surface area contributed by atoms with Crippen LogP contribution in [0.1, 0.15) is 30.0 Å². The second-order valence-electron chi connectivity index (χ2n) is 5.93. The van der Waals surface area contributed by atoms with Gasteiger partial charge in [0.05, 0.1) is 0 Å².